The summed E-state index contributed by atoms with van der Waals surface area (Å²) in [4.78, 5) is 36.0. The van der Waals surface area contributed by atoms with E-state index in [1.54, 1.807) is 6.92 Å². The second-order valence-corrected chi connectivity index (χ2v) is 8.71. The molecule has 0 aromatic carbocycles. The third-order valence-corrected chi connectivity index (χ3v) is 7.42. The second kappa shape index (κ2) is 6.25. The topological polar surface area (TPSA) is 91.7 Å². The zero-order chi connectivity index (χ0) is 18.3. The van der Waals surface area contributed by atoms with Crippen LogP contribution in [0.3, 0.4) is 0 Å². The molecule has 5 unspecified atom stereocenters. The van der Waals surface area contributed by atoms with E-state index < -0.39 is 23.4 Å². The molecule has 2 fully saturated rings. The second-order valence-electron chi connectivity index (χ2n) is 8.71. The molecule has 136 valence electrons. The van der Waals surface area contributed by atoms with Crippen molar-refractivity contribution in [2.45, 2.75) is 66.2 Å². The summed E-state index contributed by atoms with van der Waals surface area (Å²) in [7, 11) is 0. The van der Waals surface area contributed by atoms with Gasteiger partial charge in [0.2, 0.25) is 0 Å². The van der Waals surface area contributed by atoms with Crippen molar-refractivity contribution in [2.24, 2.45) is 28.1 Å². The highest BCUT2D eigenvalue weighted by Crippen LogP contribution is 2.63. The first-order chi connectivity index (χ1) is 11.0. The summed E-state index contributed by atoms with van der Waals surface area (Å²) in [5.74, 6) is -0.933. The van der Waals surface area contributed by atoms with Gasteiger partial charge in [-0.05, 0) is 56.3 Å². The van der Waals surface area contributed by atoms with Crippen molar-refractivity contribution in [3.8, 4) is 0 Å². The van der Waals surface area contributed by atoms with Crippen molar-refractivity contribution in [3.05, 3.63) is 0 Å². The molecule has 0 aromatic rings. The van der Waals surface area contributed by atoms with Crippen LogP contribution in [0.1, 0.15) is 66.2 Å². The number of carbonyl (C=O) groups excluding carboxylic acids is 2. The van der Waals surface area contributed by atoms with Crippen molar-refractivity contribution >= 4 is 17.5 Å². The van der Waals surface area contributed by atoms with E-state index in [-0.39, 0.29) is 35.2 Å². The molecule has 2 aliphatic rings. The summed E-state index contributed by atoms with van der Waals surface area (Å²) in [6.07, 6.45) is 3.53. The molecule has 2 aliphatic carbocycles. The quantitative estimate of drug-likeness (QED) is 0.804. The molecule has 0 bridgehead atoms. The number of rotatable bonds is 5. The van der Waals surface area contributed by atoms with Crippen LogP contribution in [0.5, 0.6) is 0 Å². The third-order valence-electron chi connectivity index (χ3n) is 7.42. The van der Waals surface area contributed by atoms with Gasteiger partial charge in [-0.2, -0.15) is 0 Å². The maximum Gasteiger partial charge on any atom is 0.303 e. The van der Waals surface area contributed by atoms with Crippen molar-refractivity contribution < 1.29 is 24.6 Å². The van der Waals surface area contributed by atoms with Gasteiger partial charge >= 0.3 is 5.97 Å². The zero-order valence-electron chi connectivity index (χ0n) is 15.2. The lowest BCUT2D eigenvalue weighted by atomic mass is 9.44. The van der Waals surface area contributed by atoms with Gasteiger partial charge in [-0.1, -0.05) is 20.8 Å². The Morgan fingerprint density at radius 2 is 1.71 bits per heavy atom. The van der Waals surface area contributed by atoms with Gasteiger partial charge in [0.25, 0.3) is 0 Å². The molecule has 0 aliphatic heterocycles. The van der Waals surface area contributed by atoms with Gasteiger partial charge in [0, 0.05) is 17.3 Å². The average Bonchev–Trinajstić information content (AvgIpc) is 2.51. The Kier molecular flexibility index (Phi) is 4.97. The van der Waals surface area contributed by atoms with Crippen LogP contribution in [0, 0.1) is 28.1 Å². The van der Waals surface area contributed by atoms with Crippen LogP contribution in [0.4, 0.5) is 0 Å². The molecule has 2 N–H and O–H groups in total. The van der Waals surface area contributed by atoms with E-state index in [1.165, 1.54) is 0 Å². The van der Waals surface area contributed by atoms with Gasteiger partial charge in [-0.25, -0.2) is 0 Å². The number of hydrogen-bond acceptors (Lipinski definition) is 4. The lowest BCUT2D eigenvalue weighted by Crippen LogP contribution is -2.56. The van der Waals surface area contributed by atoms with E-state index in [0.29, 0.717) is 19.3 Å². The first-order valence-electron chi connectivity index (χ1n) is 8.86. The van der Waals surface area contributed by atoms with Crippen LogP contribution in [-0.4, -0.2) is 34.4 Å². The number of carbonyl (C=O) groups is 3. The van der Waals surface area contributed by atoms with Gasteiger partial charge < -0.3 is 10.2 Å². The summed E-state index contributed by atoms with van der Waals surface area (Å²) < 4.78 is 0. The van der Waals surface area contributed by atoms with Crippen molar-refractivity contribution in [1.82, 2.24) is 0 Å². The van der Waals surface area contributed by atoms with Gasteiger partial charge in [0.05, 0.1) is 0 Å². The number of ketones is 2. The van der Waals surface area contributed by atoms with Crippen LogP contribution in [0.2, 0.25) is 0 Å². The molecule has 24 heavy (non-hydrogen) atoms. The first kappa shape index (κ1) is 19.1. The maximum atomic E-state index is 12.3. The highest BCUT2D eigenvalue weighted by atomic mass is 16.4. The molecule has 5 nitrogen and oxygen atoms in total. The molecule has 5 heteroatoms. The first-order valence-corrected chi connectivity index (χ1v) is 8.86. The minimum absolute atomic E-state index is 0.00621. The van der Waals surface area contributed by atoms with E-state index >= 15 is 0 Å². The zero-order valence-corrected chi connectivity index (χ0v) is 15.2. The van der Waals surface area contributed by atoms with E-state index in [9.17, 15) is 24.6 Å². The van der Waals surface area contributed by atoms with E-state index in [0.717, 1.165) is 12.8 Å². The number of carboxylic acid groups (broad SMARTS) is 1. The third kappa shape index (κ3) is 2.92. The summed E-state index contributed by atoms with van der Waals surface area (Å²) in [6, 6.07) is 0. The van der Waals surface area contributed by atoms with Crippen LogP contribution < -0.4 is 0 Å². The van der Waals surface area contributed by atoms with Gasteiger partial charge in [0.1, 0.15) is 12.4 Å². The number of hydrogen-bond donors (Lipinski definition) is 2. The Morgan fingerprint density at radius 1 is 1.08 bits per heavy atom. The fraction of sp³-hybridized carbons (Fsp3) is 0.842. The standard InChI is InChI=1S/C19H30O5/c1-12(21)18(3)6-5-13-10-17(2,15(22)11-20)7-8-19(13,4)14(18)9-16(23)24/h13-14,20H,5-11H2,1-4H3,(H,23,24). The molecule has 0 radical (unpaired) electrons. The number of aliphatic carboxylic acids is 1. The Balaban J connectivity index is 2.38. The maximum absolute atomic E-state index is 12.3. The minimum Gasteiger partial charge on any atom is -0.481 e. The largest absolute Gasteiger partial charge is 0.481 e. The lowest BCUT2D eigenvalue weighted by molar-refractivity contribution is -0.162. The fourth-order valence-corrected chi connectivity index (χ4v) is 5.39. The van der Waals surface area contributed by atoms with Crippen LogP contribution in [0.15, 0.2) is 0 Å². The van der Waals surface area contributed by atoms with E-state index in [2.05, 4.69) is 6.92 Å². The number of aliphatic hydroxyl groups is 1. The number of aliphatic hydroxyl groups excluding tert-OH is 1. The summed E-state index contributed by atoms with van der Waals surface area (Å²) >= 11 is 0. The summed E-state index contributed by atoms with van der Waals surface area (Å²) in [6.45, 7) is 7.06. The molecule has 5 atom stereocenters. The van der Waals surface area contributed by atoms with Crippen LogP contribution in [0.25, 0.3) is 0 Å². The number of Topliss-reactive ketones (excluding diaryl/α,β-unsaturated/α-hetero) is 2. The molecule has 2 saturated carbocycles. The predicted molar refractivity (Wildman–Crippen MR) is 89.4 cm³/mol. The molecule has 0 spiro atoms. The average molecular weight is 338 g/mol. The molecule has 0 amide bonds. The summed E-state index contributed by atoms with van der Waals surface area (Å²) in [5.41, 5.74) is -1.40. The van der Waals surface area contributed by atoms with Crippen molar-refractivity contribution in [3.63, 3.8) is 0 Å². The molecule has 0 heterocycles. The van der Waals surface area contributed by atoms with E-state index in [4.69, 9.17) is 0 Å². The molecule has 0 aromatic heterocycles. The number of carboxylic acids is 1. The van der Waals surface area contributed by atoms with Crippen LogP contribution in [-0.2, 0) is 14.4 Å². The van der Waals surface area contributed by atoms with Gasteiger partial charge in [0.15, 0.2) is 5.78 Å². The van der Waals surface area contributed by atoms with Crippen molar-refractivity contribution in [1.29, 1.82) is 0 Å². The monoisotopic (exact) mass is 338 g/mol. The van der Waals surface area contributed by atoms with Gasteiger partial charge in [-0.3, -0.25) is 14.4 Å². The molecule has 2 rings (SSSR count). The molecule has 0 saturated heterocycles. The number of fused-ring (bicyclic) bond motifs is 1. The molecular formula is C19H30O5. The smallest absolute Gasteiger partial charge is 0.303 e. The van der Waals surface area contributed by atoms with Crippen molar-refractivity contribution in [2.75, 3.05) is 6.61 Å². The van der Waals surface area contributed by atoms with Crippen LogP contribution >= 0.6 is 0 Å². The highest BCUT2D eigenvalue weighted by Gasteiger charge is 2.59. The Labute approximate surface area is 143 Å². The lowest BCUT2D eigenvalue weighted by Gasteiger charge is -2.59. The van der Waals surface area contributed by atoms with E-state index in [1.807, 2.05) is 13.8 Å². The fourth-order valence-electron chi connectivity index (χ4n) is 5.39. The Bertz CT molecular complexity index is 556. The SMILES string of the molecule is CC(=O)C1(C)CCC2CC(C)(C(=O)CO)CCC2(C)C1CC(=O)O. The predicted octanol–water partition coefficient (Wildman–Crippen LogP) is 2.84. The molecular weight excluding hydrogens is 308 g/mol. The van der Waals surface area contributed by atoms with Gasteiger partial charge in [-0.15, -0.1) is 0 Å². The Hall–Kier alpha value is -1.23. The summed E-state index contributed by atoms with van der Waals surface area (Å²) in [5, 5.41) is 18.7. The minimum atomic E-state index is -0.867. The Morgan fingerprint density at radius 3 is 2.21 bits per heavy atom. The normalized spacial score (nSPS) is 42.2. The highest BCUT2D eigenvalue weighted by molar-refractivity contribution is 5.86.